The maximum atomic E-state index is 3.72. The van der Waals surface area contributed by atoms with E-state index in [0.29, 0.717) is 0 Å². The van der Waals surface area contributed by atoms with Crippen LogP contribution in [-0.2, 0) is 6.42 Å². The molecule has 0 aromatic carbocycles. The van der Waals surface area contributed by atoms with E-state index in [2.05, 4.69) is 24.9 Å². The molecular formula is C5H13N4P. The van der Waals surface area contributed by atoms with Gasteiger partial charge in [0.25, 0.3) is 0 Å². The summed E-state index contributed by atoms with van der Waals surface area (Å²) in [5.41, 5.74) is 0. The van der Waals surface area contributed by atoms with Crippen molar-refractivity contribution >= 4 is 9.39 Å². The summed E-state index contributed by atoms with van der Waals surface area (Å²) in [6.45, 7) is 6.01. The molecule has 0 bridgehead atoms. The summed E-state index contributed by atoms with van der Waals surface area (Å²) in [7, 11) is 2.40. The quantitative estimate of drug-likeness (QED) is 0.573. The van der Waals surface area contributed by atoms with Crippen LogP contribution in [-0.4, -0.2) is 20.0 Å². The van der Waals surface area contributed by atoms with Crippen molar-refractivity contribution in [2.75, 3.05) is 0 Å². The van der Waals surface area contributed by atoms with Gasteiger partial charge in [-0.05, 0) is 19.8 Å². The van der Waals surface area contributed by atoms with Crippen molar-refractivity contribution < 1.29 is 0 Å². The number of tetrazole rings is 1. The smallest absolute Gasteiger partial charge is 0.154 e. The van der Waals surface area contributed by atoms with E-state index in [-0.39, 0.29) is 0 Å². The minimum absolute atomic E-state index is 0.872. The molecular weight excluding hydrogens is 147 g/mol. The molecule has 0 N–H and O–H groups in total. The van der Waals surface area contributed by atoms with Crippen LogP contribution in [0.3, 0.4) is 0 Å². The Labute approximate surface area is 63.3 Å². The summed E-state index contributed by atoms with van der Waals surface area (Å²) in [6.07, 6.45) is 0.872. The lowest BCUT2D eigenvalue weighted by molar-refractivity contribution is 0.847. The van der Waals surface area contributed by atoms with Crippen LogP contribution in [0.15, 0.2) is 0 Å². The van der Waals surface area contributed by atoms with Crippen molar-refractivity contribution in [2.45, 2.75) is 27.2 Å². The fraction of sp³-hybridized carbons (Fsp3) is 0.800. The van der Waals surface area contributed by atoms with Gasteiger partial charge in [0.2, 0.25) is 0 Å². The number of rotatable bonds is 1. The number of aryl methyl sites for hydroxylation is 1. The van der Waals surface area contributed by atoms with Gasteiger partial charge in [-0.1, -0.05) is 20.8 Å². The predicted octanol–water partition coefficient (Wildman–Crippen LogP) is 0.900. The lowest BCUT2D eigenvalue weighted by Gasteiger charge is -1.87. The first-order chi connectivity index (χ1) is 4.84. The van der Waals surface area contributed by atoms with Gasteiger partial charge >= 0.3 is 0 Å². The van der Waals surface area contributed by atoms with E-state index in [0.717, 1.165) is 12.2 Å². The standard InChI is InChI=1S/C3H7N4P.C2H6/c1-2-3-4-5-6-7(3)8;1-2/h2,8H2,1H3;1-2H3. The molecule has 5 heteroatoms. The van der Waals surface area contributed by atoms with Crippen LogP contribution < -0.4 is 0 Å². The maximum absolute atomic E-state index is 3.72. The van der Waals surface area contributed by atoms with Gasteiger partial charge < -0.3 is 0 Å². The average molecular weight is 160 g/mol. The zero-order chi connectivity index (χ0) is 7.98. The van der Waals surface area contributed by atoms with Gasteiger partial charge in [0.1, 0.15) is 0 Å². The summed E-state index contributed by atoms with van der Waals surface area (Å²) in [5, 5.41) is 10.8. The second-order valence-electron chi connectivity index (χ2n) is 1.39. The Morgan fingerprint density at radius 1 is 1.50 bits per heavy atom. The predicted molar refractivity (Wildman–Crippen MR) is 43.7 cm³/mol. The van der Waals surface area contributed by atoms with Gasteiger partial charge in [-0.3, -0.25) is 0 Å². The van der Waals surface area contributed by atoms with Crippen molar-refractivity contribution in [2.24, 2.45) is 0 Å². The average Bonchev–Trinajstić information content (AvgIpc) is 2.39. The molecule has 1 atom stereocenters. The Bertz CT molecular complexity index is 174. The van der Waals surface area contributed by atoms with Gasteiger partial charge in [0.15, 0.2) is 5.82 Å². The molecule has 4 nitrogen and oxygen atoms in total. The SMILES string of the molecule is CC.CCc1nnnn1P. The van der Waals surface area contributed by atoms with Crippen molar-refractivity contribution in [3.8, 4) is 0 Å². The number of hydrogen-bond donors (Lipinski definition) is 0. The molecule has 1 heterocycles. The van der Waals surface area contributed by atoms with Crippen LogP contribution in [0.5, 0.6) is 0 Å². The number of nitrogens with zero attached hydrogens (tertiary/aromatic N) is 4. The van der Waals surface area contributed by atoms with Crippen molar-refractivity contribution in [1.29, 1.82) is 0 Å². The van der Waals surface area contributed by atoms with Crippen LogP contribution in [0.4, 0.5) is 0 Å². The highest BCUT2D eigenvalue weighted by Crippen LogP contribution is 1.94. The summed E-state index contributed by atoms with van der Waals surface area (Å²) in [5.74, 6) is 0.884. The largest absolute Gasteiger partial charge is 0.215 e. The van der Waals surface area contributed by atoms with Crippen LogP contribution in [0.1, 0.15) is 26.6 Å². The minimum Gasteiger partial charge on any atom is -0.215 e. The van der Waals surface area contributed by atoms with E-state index in [9.17, 15) is 0 Å². The van der Waals surface area contributed by atoms with Crippen LogP contribution in [0.2, 0.25) is 0 Å². The summed E-state index contributed by atoms with van der Waals surface area (Å²) in [4.78, 5) is 0. The highest BCUT2D eigenvalue weighted by Gasteiger charge is 1.94. The Kier molecular flexibility index (Phi) is 5.03. The highest BCUT2D eigenvalue weighted by molar-refractivity contribution is 7.14. The molecule has 0 aliphatic rings. The van der Waals surface area contributed by atoms with Crippen molar-refractivity contribution in [3.05, 3.63) is 5.82 Å². The van der Waals surface area contributed by atoms with E-state index in [4.69, 9.17) is 0 Å². The fourth-order valence-electron chi connectivity index (χ4n) is 0.445. The lowest BCUT2D eigenvalue weighted by Crippen LogP contribution is -1.89. The van der Waals surface area contributed by atoms with E-state index < -0.39 is 0 Å². The van der Waals surface area contributed by atoms with Crippen LogP contribution in [0, 0.1) is 0 Å². The zero-order valence-electron chi connectivity index (χ0n) is 6.57. The van der Waals surface area contributed by atoms with E-state index in [1.54, 1.807) is 4.45 Å². The fourth-order valence-corrected chi connectivity index (χ4v) is 0.725. The Morgan fingerprint density at radius 3 is 2.30 bits per heavy atom. The summed E-state index contributed by atoms with van der Waals surface area (Å²) in [6, 6.07) is 0. The summed E-state index contributed by atoms with van der Waals surface area (Å²) < 4.78 is 1.58. The second kappa shape index (κ2) is 5.30. The Morgan fingerprint density at radius 2 is 2.10 bits per heavy atom. The highest BCUT2D eigenvalue weighted by atomic mass is 31.0. The Balaban J connectivity index is 0.000000371. The monoisotopic (exact) mass is 160 g/mol. The molecule has 0 radical (unpaired) electrons. The third-order valence-electron chi connectivity index (χ3n) is 0.877. The lowest BCUT2D eigenvalue weighted by atomic mass is 10.5. The van der Waals surface area contributed by atoms with Gasteiger partial charge in [0.05, 0.1) is 0 Å². The van der Waals surface area contributed by atoms with Crippen molar-refractivity contribution in [3.63, 3.8) is 0 Å². The first kappa shape index (κ1) is 9.50. The normalized spacial score (nSPS) is 8.40. The molecule has 1 rings (SSSR count). The Hall–Kier alpha value is -0.500. The molecule has 0 spiro atoms. The number of hydrogen-bond acceptors (Lipinski definition) is 3. The molecule has 1 aromatic heterocycles. The first-order valence-electron chi connectivity index (χ1n) is 3.37. The van der Waals surface area contributed by atoms with Gasteiger partial charge in [0, 0.05) is 6.42 Å². The molecule has 0 saturated carbocycles. The minimum atomic E-state index is 0.872. The van der Waals surface area contributed by atoms with Crippen LogP contribution >= 0.6 is 9.39 Å². The third-order valence-corrected chi connectivity index (χ3v) is 1.28. The third kappa shape index (κ3) is 2.40. The molecule has 0 aliphatic heterocycles. The molecule has 0 fully saturated rings. The van der Waals surface area contributed by atoms with E-state index >= 15 is 0 Å². The van der Waals surface area contributed by atoms with Crippen molar-refractivity contribution in [1.82, 2.24) is 20.0 Å². The van der Waals surface area contributed by atoms with Gasteiger partial charge in [-0.2, -0.15) is 0 Å². The molecule has 0 amide bonds. The van der Waals surface area contributed by atoms with Crippen LogP contribution in [0.25, 0.3) is 0 Å². The van der Waals surface area contributed by atoms with Gasteiger partial charge in [-0.25, -0.2) is 4.45 Å². The maximum Gasteiger partial charge on any atom is 0.154 e. The second-order valence-corrected chi connectivity index (χ2v) is 1.88. The molecule has 58 valence electrons. The molecule has 0 saturated heterocycles. The topological polar surface area (TPSA) is 43.6 Å². The molecule has 1 aromatic rings. The van der Waals surface area contributed by atoms with E-state index in [1.165, 1.54) is 0 Å². The van der Waals surface area contributed by atoms with Gasteiger partial charge in [-0.15, -0.1) is 5.10 Å². The number of aromatic nitrogens is 4. The zero-order valence-corrected chi connectivity index (χ0v) is 7.73. The molecule has 1 unspecified atom stereocenters. The first-order valence-corrected chi connectivity index (χ1v) is 3.88. The molecule has 10 heavy (non-hydrogen) atoms. The summed E-state index contributed by atoms with van der Waals surface area (Å²) >= 11 is 0. The van der Waals surface area contributed by atoms with E-state index in [1.807, 2.05) is 20.8 Å². The molecule has 0 aliphatic carbocycles.